The number of carbonyl (C=O) groups is 1. The molecule has 1 saturated heterocycles. The van der Waals surface area contributed by atoms with Crippen LogP contribution in [0.15, 0.2) is 54.6 Å². The molecule has 4 rings (SSSR count). The summed E-state index contributed by atoms with van der Waals surface area (Å²) in [5.74, 6) is 0.0185. The minimum Gasteiger partial charge on any atom is -0.369 e. The van der Waals surface area contributed by atoms with Crippen molar-refractivity contribution in [1.29, 1.82) is 0 Å². The molecule has 0 saturated carbocycles. The Labute approximate surface area is 198 Å². The summed E-state index contributed by atoms with van der Waals surface area (Å²) in [6.07, 6.45) is 0.965. The van der Waals surface area contributed by atoms with Gasteiger partial charge in [-0.3, -0.25) is 9.69 Å². The maximum Gasteiger partial charge on any atom is 0.253 e. The average Bonchev–Trinajstić information content (AvgIpc) is 3.14. The largest absolute Gasteiger partial charge is 0.369 e. The second-order valence-electron chi connectivity index (χ2n) is 9.11. The molecule has 1 N–H and O–H groups in total. The number of aryl methyl sites for hydroxylation is 1. The van der Waals surface area contributed by atoms with Crippen LogP contribution in [0.1, 0.15) is 33.6 Å². The molecular formula is C28H36N4O. The number of aromatic nitrogens is 1. The van der Waals surface area contributed by atoms with E-state index in [-0.39, 0.29) is 5.91 Å². The number of hydrogen-bond acceptors (Lipinski definition) is 3. The molecule has 1 amide bonds. The van der Waals surface area contributed by atoms with E-state index >= 15 is 0 Å². The molecule has 174 valence electrons. The van der Waals surface area contributed by atoms with E-state index in [2.05, 4.69) is 63.9 Å². The van der Waals surface area contributed by atoms with Crippen LogP contribution in [0.3, 0.4) is 0 Å². The molecular weight excluding hydrogens is 408 g/mol. The van der Waals surface area contributed by atoms with E-state index in [4.69, 9.17) is 0 Å². The first-order valence-corrected chi connectivity index (χ1v) is 12.0. The second-order valence-corrected chi connectivity index (χ2v) is 9.11. The van der Waals surface area contributed by atoms with Crippen molar-refractivity contribution >= 4 is 11.6 Å². The number of nitrogens with one attached hydrogen (secondary N) is 1. The first kappa shape index (κ1) is 23.1. The molecule has 1 aliphatic rings. The Balaban J connectivity index is 1.24. The lowest BCUT2D eigenvalue weighted by atomic mass is 10.1. The van der Waals surface area contributed by atoms with E-state index in [1.165, 1.54) is 16.8 Å². The maximum absolute atomic E-state index is 12.8. The van der Waals surface area contributed by atoms with Crippen molar-refractivity contribution in [3.63, 3.8) is 0 Å². The van der Waals surface area contributed by atoms with Gasteiger partial charge in [0.25, 0.3) is 5.91 Å². The molecule has 0 spiro atoms. The highest BCUT2D eigenvalue weighted by atomic mass is 16.1. The topological polar surface area (TPSA) is 40.5 Å². The summed E-state index contributed by atoms with van der Waals surface area (Å²) in [6.45, 7) is 12.4. The standard InChI is InChI=1S/C28H36N4O/c1-21-10-8-13-26(22(21)2)32-18-16-31(17-19-32)15-9-14-29-28(33)25-20-27(30(4)23(25)3)24-11-6-5-7-12-24/h5-8,10-13,20H,9,14-19H2,1-4H3,(H,29,33). The van der Waals surface area contributed by atoms with Crippen molar-refractivity contribution < 1.29 is 4.79 Å². The zero-order valence-corrected chi connectivity index (χ0v) is 20.4. The number of piperazine rings is 1. The Kier molecular flexibility index (Phi) is 7.19. The Bertz CT molecular complexity index is 1090. The van der Waals surface area contributed by atoms with Gasteiger partial charge in [-0.05, 0) is 62.6 Å². The normalized spacial score (nSPS) is 14.5. The van der Waals surface area contributed by atoms with Crippen LogP contribution in [0.4, 0.5) is 5.69 Å². The quantitative estimate of drug-likeness (QED) is 0.543. The zero-order valence-electron chi connectivity index (χ0n) is 20.4. The van der Waals surface area contributed by atoms with Crippen molar-refractivity contribution in [2.45, 2.75) is 27.2 Å². The van der Waals surface area contributed by atoms with E-state index < -0.39 is 0 Å². The predicted octanol–water partition coefficient (Wildman–Crippen LogP) is 4.56. The first-order chi connectivity index (χ1) is 16.0. The van der Waals surface area contributed by atoms with Crippen LogP contribution in [0.25, 0.3) is 11.3 Å². The molecule has 0 unspecified atom stereocenters. The van der Waals surface area contributed by atoms with Gasteiger partial charge >= 0.3 is 0 Å². The molecule has 0 bridgehead atoms. The van der Waals surface area contributed by atoms with Gasteiger partial charge in [0, 0.05) is 56.8 Å². The summed E-state index contributed by atoms with van der Waals surface area (Å²) in [7, 11) is 2.02. The van der Waals surface area contributed by atoms with Gasteiger partial charge < -0.3 is 14.8 Å². The summed E-state index contributed by atoms with van der Waals surface area (Å²) in [6, 6.07) is 18.8. The van der Waals surface area contributed by atoms with E-state index in [0.717, 1.165) is 61.7 Å². The number of anilines is 1. The van der Waals surface area contributed by atoms with Crippen LogP contribution in [-0.4, -0.2) is 54.6 Å². The molecule has 1 fully saturated rings. The van der Waals surface area contributed by atoms with E-state index in [1.807, 2.05) is 38.2 Å². The molecule has 0 radical (unpaired) electrons. The zero-order chi connectivity index (χ0) is 23.4. The lowest BCUT2D eigenvalue weighted by Crippen LogP contribution is -2.47. The van der Waals surface area contributed by atoms with Crippen LogP contribution >= 0.6 is 0 Å². The van der Waals surface area contributed by atoms with Crippen LogP contribution in [0.5, 0.6) is 0 Å². The van der Waals surface area contributed by atoms with Crippen molar-refractivity contribution in [1.82, 2.24) is 14.8 Å². The van der Waals surface area contributed by atoms with Crippen molar-refractivity contribution in [2.24, 2.45) is 7.05 Å². The van der Waals surface area contributed by atoms with Gasteiger partial charge in [0.1, 0.15) is 0 Å². The summed E-state index contributed by atoms with van der Waals surface area (Å²) >= 11 is 0. The van der Waals surface area contributed by atoms with Crippen LogP contribution < -0.4 is 10.2 Å². The van der Waals surface area contributed by atoms with Crippen molar-refractivity contribution in [3.05, 3.63) is 77.0 Å². The summed E-state index contributed by atoms with van der Waals surface area (Å²) in [5.41, 5.74) is 8.07. The van der Waals surface area contributed by atoms with Gasteiger partial charge in [-0.15, -0.1) is 0 Å². The van der Waals surface area contributed by atoms with E-state index in [9.17, 15) is 4.79 Å². The first-order valence-electron chi connectivity index (χ1n) is 12.0. The van der Waals surface area contributed by atoms with Crippen molar-refractivity contribution in [3.8, 4) is 11.3 Å². The third-order valence-corrected chi connectivity index (χ3v) is 7.08. The fourth-order valence-corrected chi connectivity index (χ4v) is 4.71. The minimum atomic E-state index is 0.0185. The van der Waals surface area contributed by atoms with Crippen LogP contribution in [0.2, 0.25) is 0 Å². The lowest BCUT2D eigenvalue weighted by molar-refractivity contribution is 0.0951. The van der Waals surface area contributed by atoms with Gasteiger partial charge in [0.15, 0.2) is 0 Å². The van der Waals surface area contributed by atoms with Crippen LogP contribution in [0, 0.1) is 20.8 Å². The highest BCUT2D eigenvalue weighted by Crippen LogP contribution is 2.25. The summed E-state index contributed by atoms with van der Waals surface area (Å²) in [4.78, 5) is 17.8. The highest BCUT2D eigenvalue weighted by Gasteiger charge is 2.19. The fourth-order valence-electron chi connectivity index (χ4n) is 4.71. The Hall–Kier alpha value is -3.05. The number of rotatable bonds is 7. The molecule has 5 heteroatoms. The monoisotopic (exact) mass is 444 g/mol. The molecule has 1 aromatic heterocycles. The molecule has 1 aliphatic heterocycles. The summed E-state index contributed by atoms with van der Waals surface area (Å²) in [5, 5.41) is 3.13. The molecule has 0 atom stereocenters. The Morgan fingerprint density at radius 2 is 1.67 bits per heavy atom. The number of hydrogen-bond donors (Lipinski definition) is 1. The predicted molar refractivity (Wildman–Crippen MR) is 137 cm³/mol. The third-order valence-electron chi connectivity index (χ3n) is 7.08. The molecule has 0 aliphatic carbocycles. The second kappa shape index (κ2) is 10.3. The molecule has 2 heterocycles. The SMILES string of the molecule is Cc1cccc(N2CCN(CCCNC(=O)c3cc(-c4ccccc4)n(C)c3C)CC2)c1C. The number of carbonyl (C=O) groups excluding carboxylic acids is 1. The molecule has 2 aromatic carbocycles. The fraction of sp³-hybridized carbons (Fsp3) is 0.393. The molecule has 5 nitrogen and oxygen atoms in total. The molecule has 3 aromatic rings. The Morgan fingerprint density at radius 3 is 2.39 bits per heavy atom. The Morgan fingerprint density at radius 1 is 0.939 bits per heavy atom. The van der Waals surface area contributed by atoms with E-state index in [1.54, 1.807) is 0 Å². The minimum absolute atomic E-state index is 0.0185. The molecule has 33 heavy (non-hydrogen) atoms. The van der Waals surface area contributed by atoms with Gasteiger partial charge in [-0.1, -0.05) is 42.5 Å². The van der Waals surface area contributed by atoms with Crippen LogP contribution in [-0.2, 0) is 7.05 Å². The van der Waals surface area contributed by atoms with Crippen molar-refractivity contribution in [2.75, 3.05) is 44.2 Å². The average molecular weight is 445 g/mol. The smallest absolute Gasteiger partial charge is 0.253 e. The van der Waals surface area contributed by atoms with E-state index in [0.29, 0.717) is 6.54 Å². The number of amides is 1. The maximum atomic E-state index is 12.8. The highest BCUT2D eigenvalue weighted by molar-refractivity contribution is 5.97. The van der Waals surface area contributed by atoms with Gasteiger partial charge in [-0.25, -0.2) is 0 Å². The van der Waals surface area contributed by atoms with Gasteiger partial charge in [0.05, 0.1) is 5.56 Å². The lowest BCUT2D eigenvalue weighted by Gasteiger charge is -2.37. The number of benzene rings is 2. The summed E-state index contributed by atoms with van der Waals surface area (Å²) < 4.78 is 2.10. The number of nitrogens with zero attached hydrogens (tertiary/aromatic N) is 3. The van der Waals surface area contributed by atoms with Gasteiger partial charge in [-0.2, -0.15) is 0 Å². The third kappa shape index (κ3) is 5.14. The van der Waals surface area contributed by atoms with Gasteiger partial charge in [0.2, 0.25) is 0 Å².